The van der Waals surface area contributed by atoms with E-state index in [2.05, 4.69) is 20.1 Å². The molecule has 0 spiro atoms. The normalized spacial score (nSPS) is 19.7. The van der Waals surface area contributed by atoms with E-state index in [4.69, 9.17) is 10.9 Å². The van der Waals surface area contributed by atoms with Crippen LogP contribution >= 0.6 is 0 Å². The highest BCUT2D eigenvalue weighted by molar-refractivity contribution is 5.82. The number of nitrogens with zero attached hydrogens (tertiary/aromatic N) is 5. The summed E-state index contributed by atoms with van der Waals surface area (Å²) in [6.07, 6.45) is 3.42. The zero-order valence-corrected chi connectivity index (χ0v) is 9.95. The monoisotopic (exact) mass is 238 g/mol. The maximum Gasteiger partial charge on any atom is 0.142 e. The molecule has 0 radical (unpaired) electrons. The molecule has 94 valence electrons. The molecule has 1 aliphatic rings. The fourth-order valence-corrected chi connectivity index (χ4v) is 2.13. The van der Waals surface area contributed by atoms with Crippen LogP contribution in [0.4, 0.5) is 0 Å². The number of rotatable bonds is 3. The Morgan fingerprint density at radius 2 is 2.29 bits per heavy atom. The number of aromatic nitrogens is 3. The Morgan fingerprint density at radius 1 is 1.59 bits per heavy atom. The van der Waals surface area contributed by atoms with E-state index in [1.165, 1.54) is 0 Å². The largest absolute Gasteiger partial charge is 0.409 e. The van der Waals surface area contributed by atoms with Gasteiger partial charge in [0.1, 0.15) is 18.0 Å². The van der Waals surface area contributed by atoms with Gasteiger partial charge in [0.15, 0.2) is 0 Å². The summed E-state index contributed by atoms with van der Waals surface area (Å²) in [5.74, 6) is 1.52. The summed E-state index contributed by atoms with van der Waals surface area (Å²) in [7, 11) is 1.89. The second kappa shape index (κ2) is 5.13. The molecule has 0 amide bonds. The van der Waals surface area contributed by atoms with Gasteiger partial charge in [0.2, 0.25) is 0 Å². The average molecular weight is 238 g/mol. The molecule has 2 heterocycles. The second-order valence-corrected chi connectivity index (χ2v) is 4.38. The first kappa shape index (κ1) is 11.8. The number of amidine groups is 1. The molecular weight excluding hydrogens is 220 g/mol. The SMILES string of the molecule is Cn1ncnc1CN1CCC(C(N)=NO)CC1. The molecule has 1 fully saturated rings. The quantitative estimate of drug-likeness (QED) is 0.328. The summed E-state index contributed by atoms with van der Waals surface area (Å²) in [5.41, 5.74) is 5.61. The predicted molar refractivity (Wildman–Crippen MR) is 62.4 cm³/mol. The Labute approximate surface area is 99.9 Å². The number of oxime groups is 1. The summed E-state index contributed by atoms with van der Waals surface area (Å²) in [6, 6.07) is 0. The molecule has 2 rings (SSSR count). The summed E-state index contributed by atoms with van der Waals surface area (Å²) >= 11 is 0. The lowest BCUT2D eigenvalue weighted by atomic mass is 9.96. The van der Waals surface area contributed by atoms with Crippen LogP contribution in [0.15, 0.2) is 11.5 Å². The van der Waals surface area contributed by atoms with Gasteiger partial charge in [0, 0.05) is 13.0 Å². The summed E-state index contributed by atoms with van der Waals surface area (Å²) in [5, 5.41) is 15.7. The average Bonchev–Trinajstić information content (AvgIpc) is 2.75. The number of likely N-dealkylation sites (tertiary alicyclic amines) is 1. The van der Waals surface area contributed by atoms with Crippen molar-refractivity contribution in [3.63, 3.8) is 0 Å². The molecule has 7 nitrogen and oxygen atoms in total. The van der Waals surface area contributed by atoms with Crippen molar-refractivity contribution >= 4 is 5.84 Å². The molecule has 0 atom stereocenters. The van der Waals surface area contributed by atoms with Crippen molar-refractivity contribution in [1.29, 1.82) is 0 Å². The van der Waals surface area contributed by atoms with Gasteiger partial charge in [-0.1, -0.05) is 5.16 Å². The molecule has 1 aromatic rings. The van der Waals surface area contributed by atoms with Gasteiger partial charge in [-0.15, -0.1) is 0 Å². The van der Waals surface area contributed by atoms with Gasteiger partial charge in [-0.05, 0) is 25.9 Å². The Kier molecular flexibility index (Phi) is 3.58. The minimum absolute atomic E-state index is 0.204. The van der Waals surface area contributed by atoms with E-state index < -0.39 is 0 Å². The van der Waals surface area contributed by atoms with E-state index >= 15 is 0 Å². The van der Waals surface area contributed by atoms with E-state index in [0.717, 1.165) is 38.3 Å². The maximum atomic E-state index is 8.62. The third-order valence-electron chi connectivity index (χ3n) is 3.29. The van der Waals surface area contributed by atoms with E-state index in [0.29, 0.717) is 5.84 Å². The molecule has 7 heteroatoms. The smallest absolute Gasteiger partial charge is 0.142 e. The molecule has 0 aliphatic carbocycles. The third-order valence-corrected chi connectivity index (χ3v) is 3.29. The van der Waals surface area contributed by atoms with Crippen LogP contribution in [0.25, 0.3) is 0 Å². The van der Waals surface area contributed by atoms with Crippen LogP contribution in [0.5, 0.6) is 0 Å². The first-order valence-corrected chi connectivity index (χ1v) is 5.73. The van der Waals surface area contributed by atoms with Gasteiger partial charge < -0.3 is 10.9 Å². The van der Waals surface area contributed by atoms with Gasteiger partial charge in [0.05, 0.1) is 6.54 Å². The first-order valence-electron chi connectivity index (χ1n) is 5.73. The number of hydrogen-bond acceptors (Lipinski definition) is 5. The Hall–Kier alpha value is -1.63. The molecule has 1 aromatic heterocycles. The number of aryl methyl sites for hydroxylation is 1. The van der Waals surface area contributed by atoms with Crippen LogP contribution in [0.3, 0.4) is 0 Å². The Morgan fingerprint density at radius 3 is 2.82 bits per heavy atom. The lowest BCUT2D eigenvalue weighted by molar-refractivity contribution is 0.192. The predicted octanol–water partition coefficient (Wildman–Crippen LogP) is -0.226. The zero-order valence-electron chi connectivity index (χ0n) is 9.95. The molecule has 17 heavy (non-hydrogen) atoms. The van der Waals surface area contributed by atoms with Crippen LogP contribution in [-0.4, -0.2) is 43.8 Å². The summed E-state index contributed by atoms with van der Waals surface area (Å²) in [6.45, 7) is 2.68. The lowest BCUT2D eigenvalue weighted by Gasteiger charge is -2.30. The van der Waals surface area contributed by atoms with E-state index in [1.807, 2.05) is 7.05 Å². The Bertz CT molecular complexity index is 393. The van der Waals surface area contributed by atoms with Gasteiger partial charge >= 0.3 is 0 Å². The summed E-state index contributed by atoms with van der Waals surface area (Å²) < 4.78 is 1.79. The second-order valence-electron chi connectivity index (χ2n) is 4.38. The van der Waals surface area contributed by atoms with Crippen LogP contribution < -0.4 is 5.73 Å². The van der Waals surface area contributed by atoms with Crippen LogP contribution in [-0.2, 0) is 13.6 Å². The van der Waals surface area contributed by atoms with Crippen molar-refractivity contribution in [2.75, 3.05) is 13.1 Å². The minimum Gasteiger partial charge on any atom is -0.409 e. The highest BCUT2D eigenvalue weighted by atomic mass is 16.4. The van der Waals surface area contributed by atoms with Crippen LogP contribution in [0.1, 0.15) is 18.7 Å². The van der Waals surface area contributed by atoms with E-state index in [1.54, 1.807) is 11.0 Å². The van der Waals surface area contributed by atoms with Crippen molar-refractivity contribution in [3.8, 4) is 0 Å². The van der Waals surface area contributed by atoms with Crippen molar-refractivity contribution in [2.45, 2.75) is 19.4 Å². The van der Waals surface area contributed by atoms with Gasteiger partial charge in [-0.2, -0.15) is 5.10 Å². The van der Waals surface area contributed by atoms with Gasteiger partial charge in [-0.3, -0.25) is 9.58 Å². The van der Waals surface area contributed by atoms with Crippen LogP contribution in [0.2, 0.25) is 0 Å². The first-order chi connectivity index (χ1) is 8.20. The third kappa shape index (κ3) is 2.73. The standard InChI is InChI=1S/C10H18N6O/c1-15-9(12-7-13-15)6-16-4-2-8(3-5-16)10(11)14-17/h7-8,17H,2-6H2,1H3,(H2,11,14). The topological polar surface area (TPSA) is 92.6 Å². The maximum absolute atomic E-state index is 8.62. The van der Waals surface area contributed by atoms with Crippen molar-refractivity contribution in [1.82, 2.24) is 19.7 Å². The fourth-order valence-electron chi connectivity index (χ4n) is 2.13. The lowest BCUT2D eigenvalue weighted by Crippen LogP contribution is -2.38. The van der Waals surface area contributed by atoms with Crippen molar-refractivity contribution in [3.05, 3.63) is 12.2 Å². The van der Waals surface area contributed by atoms with Crippen molar-refractivity contribution < 1.29 is 5.21 Å². The van der Waals surface area contributed by atoms with Crippen LogP contribution in [0, 0.1) is 5.92 Å². The number of hydrogen-bond donors (Lipinski definition) is 2. The highest BCUT2D eigenvalue weighted by Gasteiger charge is 2.23. The van der Waals surface area contributed by atoms with Gasteiger partial charge in [-0.25, -0.2) is 4.98 Å². The number of piperidine rings is 1. The highest BCUT2D eigenvalue weighted by Crippen LogP contribution is 2.18. The molecule has 1 aliphatic heterocycles. The molecular formula is C10H18N6O. The Balaban J connectivity index is 1.86. The summed E-state index contributed by atoms with van der Waals surface area (Å²) in [4.78, 5) is 6.51. The molecule has 0 bridgehead atoms. The molecule has 3 N–H and O–H groups in total. The molecule has 1 saturated heterocycles. The van der Waals surface area contributed by atoms with Gasteiger partial charge in [0.25, 0.3) is 0 Å². The molecule has 0 saturated carbocycles. The minimum atomic E-state index is 0.204. The molecule has 0 unspecified atom stereocenters. The number of nitrogens with two attached hydrogens (primary N) is 1. The van der Waals surface area contributed by atoms with Crippen molar-refractivity contribution in [2.24, 2.45) is 23.9 Å². The zero-order chi connectivity index (χ0) is 12.3. The fraction of sp³-hybridized carbons (Fsp3) is 0.700. The molecule has 0 aromatic carbocycles. The van der Waals surface area contributed by atoms with E-state index in [-0.39, 0.29) is 5.92 Å². The van der Waals surface area contributed by atoms with E-state index in [9.17, 15) is 0 Å².